The Balaban J connectivity index is 1.86. The van der Waals surface area contributed by atoms with Crippen molar-refractivity contribution in [2.75, 3.05) is 23.8 Å². The predicted molar refractivity (Wildman–Crippen MR) is 83.8 cm³/mol. The zero-order valence-electron chi connectivity index (χ0n) is 12.8. The van der Waals surface area contributed by atoms with Crippen molar-refractivity contribution in [3.63, 3.8) is 0 Å². The van der Waals surface area contributed by atoms with Crippen molar-refractivity contribution in [3.8, 4) is 0 Å². The van der Waals surface area contributed by atoms with Crippen molar-refractivity contribution >= 4 is 17.5 Å². The molecule has 1 heterocycles. The zero-order valence-corrected chi connectivity index (χ0v) is 12.8. The number of halogens is 3. The minimum Gasteiger partial charge on any atom is -0.396 e. The molecule has 1 aliphatic rings. The summed E-state index contributed by atoms with van der Waals surface area (Å²) in [5.41, 5.74) is 0.320. The van der Waals surface area contributed by atoms with Gasteiger partial charge in [-0.3, -0.25) is 0 Å². The van der Waals surface area contributed by atoms with E-state index in [1.165, 1.54) is 0 Å². The van der Waals surface area contributed by atoms with Crippen molar-refractivity contribution in [1.29, 1.82) is 0 Å². The Labute approximate surface area is 137 Å². The molecule has 0 spiro atoms. The van der Waals surface area contributed by atoms with Gasteiger partial charge in [-0.05, 0) is 19.3 Å². The number of benzene rings is 1. The van der Waals surface area contributed by atoms with Crippen LogP contribution in [0.3, 0.4) is 0 Å². The SMILES string of the molecule is OCCCNc1nc(Nc2c(F)cc(F)cc2F)cc(C2CC2)n1. The van der Waals surface area contributed by atoms with Crippen LogP contribution in [-0.2, 0) is 0 Å². The summed E-state index contributed by atoms with van der Waals surface area (Å²) < 4.78 is 40.6. The summed E-state index contributed by atoms with van der Waals surface area (Å²) in [5.74, 6) is -2.19. The molecule has 3 N–H and O–H groups in total. The molecule has 1 aliphatic carbocycles. The van der Waals surface area contributed by atoms with Gasteiger partial charge in [0, 0.05) is 37.3 Å². The summed E-state index contributed by atoms with van der Waals surface area (Å²) in [4.78, 5) is 8.55. The average molecular weight is 338 g/mol. The maximum absolute atomic E-state index is 13.8. The summed E-state index contributed by atoms with van der Waals surface area (Å²) in [6.07, 6.45) is 2.54. The van der Waals surface area contributed by atoms with Crippen LogP contribution in [0.4, 0.5) is 30.6 Å². The molecule has 0 aliphatic heterocycles. The molecule has 1 aromatic heterocycles. The molecule has 3 rings (SSSR count). The highest BCUT2D eigenvalue weighted by Gasteiger charge is 2.26. The fraction of sp³-hybridized carbons (Fsp3) is 0.375. The largest absolute Gasteiger partial charge is 0.396 e. The lowest BCUT2D eigenvalue weighted by atomic mass is 10.2. The molecule has 0 unspecified atom stereocenters. The Kier molecular flexibility index (Phi) is 4.84. The average Bonchev–Trinajstić information content (AvgIpc) is 3.36. The molecule has 24 heavy (non-hydrogen) atoms. The molecular weight excluding hydrogens is 321 g/mol. The predicted octanol–water partition coefficient (Wildman–Crippen LogP) is 3.31. The van der Waals surface area contributed by atoms with Gasteiger partial charge < -0.3 is 15.7 Å². The van der Waals surface area contributed by atoms with Gasteiger partial charge in [-0.1, -0.05) is 0 Å². The number of nitrogens with one attached hydrogen (secondary N) is 2. The van der Waals surface area contributed by atoms with E-state index in [9.17, 15) is 13.2 Å². The zero-order chi connectivity index (χ0) is 17.1. The number of aromatic nitrogens is 2. The molecule has 1 fully saturated rings. The normalized spacial score (nSPS) is 13.8. The fourth-order valence-corrected chi connectivity index (χ4v) is 2.27. The van der Waals surface area contributed by atoms with Gasteiger partial charge >= 0.3 is 0 Å². The molecule has 1 saturated carbocycles. The van der Waals surface area contributed by atoms with E-state index in [4.69, 9.17) is 5.11 Å². The van der Waals surface area contributed by atoms with Gasteiger partial charge in [0.25, 0.3) is 0 Å². The molecule has 0 saturated heterocycles. The third-order valence-electron chi connectivity index (χ3n) is 3.62. The standard InChI is InChI=1S/C16H17F3N4O/c17-10-6-11(18)15(12(19)7-10)22-14-8-13(9-2-3-9)21-16(23-14)20-4-1-5-24/h6-9,24H,1-5H2,(H2,20,21,22,23). The highest BCUT2D eigenvalue weighted by Crippen LogP contribution is 2.40. The van der Waals surface area contributed by atoms with Gasteiger partial charge in [-0.15, -0.1) is 0 Å². The number of aliphatic hydroxyl groups excluding tert-OH is 1. The summed E-state index contributed by atoms with van der Waals surface area (Å²) in [6, 6.07) is 2.85. The number of rotatable bonds is 7. The summed E-state index contributed by atoms with van der Waals surface area (Å²) in [5, 5.41) is 14.4. The van der Waals surface area contributed by atoms with E-state index in [0.29, 0.717) is 37.0 Å². The first-order valence-electron chi connectivity index (χ1n) is 7.72. The molecule has 5 nitrogen and oxygen atoms in total. The number of aliphatic hydroxyl groups is 1. The Morgan fingerprint density at radius 1 is 1.08 bits per heavy atom. The second kappa shape index (κ2) is 7.04. The minimum atomic E-state index is -1.03. The third kappa shape index (κ3) is 3.94. The highest BCUT2D eigenvalue weighted by molar-refractivity contribution is 5.59. The fourth-order valence-electron chi connectivity index (χ4n) is 2.27. The van der Waals surface area contributed by atoms with Gasteiger partial charge in [0.1, 0.15) is 17.3 Å². The second-order valence-corrected chi connectivity index (χ2v) is 5.65. The van der Waals surface area contributed by atoms with Crippen LogP contribution in [0.1, 0.15) is 30.9 Å². The van der Waals surface area contributed by atoms with E-state index in [-0.39, 0.29) is 12.4 Å². The molecule has 2 aromatic rings. The second-order valence-electron chi connectivity index (χ2n) is 5.65. The molecule has 0 radical (unpaired) electrons. The van der Waals surface area contributed by atoms with Crippen LogP contribution in [0.5, 0.6) is 0 Å². The van der Waals surface area contributed by atoms with Crippen LogP contribution >= 0.6 is 0 Å². The number of hydrogen-bond donors (Lipinski definition) is 3. The van der Waals surface area contributed by atoms with Crippen LogP contribution < -0.4 is 10.6 Å². The molecule has 128 valence electrons. The summed E-state index contributed by atoms with van der Waals surface area (Å²) >= 11 is 0. The van der Waals surface area contributed by atoms with Gasteiger partial charge in [-0.2, -0.15) is 4.98 Å². The van der Waals surface area contributed by atoms with Crippen LogP contribution in [-0.4, -0.2) is 28.2 Å². The Bertz CT molecular complexity index is 714. The smallest absolute Gasteiger partial charge is 0.224 e. The van der Waals surface area contributed by atoms with E-state index in [1.807, 2.05) is 0 Å². The van der Waals surface area contributed by atoms with E-state index in [1.54, 1.807) is 6.07 Å². The Hall–Kier alpha value is -2.35. The molecule has 0 atom stereocenters. The number of anilines is 3. The van der Waals surface area contributed by atoms with Crippen LogP contribution in [0, 0.1) is 17.5 Å². The van der Waals surface area contributed by atoms with E-state index >= 15 is 0 Å². The quantitative estimate of drug-likeness (QED) is 0.676. The van der Waals surface area contributed by atoms with Crippen molar-refractivity contribution in [1.82, 2.24) is 9.97 Å². The lowest BCUT2D eigenvalue weighted by Gasteiger charge is -2.12. The molecule has 1 aromatic carbocycles. The number of hydrogen-bond acceptors (Lipinski definition) is 5. The molecular formula is C16H17F3N4O. The first-order valence-corrected chi connectivity index (χ1v) is 7.72. The van der Waals surface area contributed by atoms with Crippen molar-refractivity contribution in [3.05, 3.63) is 41.3 Å². The van der Waals surface area contributed by atoms with Gasteiger partial charge in [0.15, 0.2) is 11.6 Å². The lowest BCUT2D eigenvalue weighted by Crippen LogP contribution is -2.10. The van der Waals surface area contributed by atoms with E-state index < -0.39 is 23.1 Å². The highest BCUT2D eigenvalue weighted by atomic mass is 19.1. The van der Waals surface area contributed by atoms with Gasteiger partial charge in [-0.25, -0.2) is 18.2 Å². The third-order valence-corrected chi connectivity index (χ3v) is 3.62. The first kappa shape index (κ1) is 16.5. The molecule has 0 bridgehead atoms. The van der Waals surface area contributed by atoms with Gasteiger partial charge in [0.05, 0.1) is 5.69 Å². The van der Waals surface area contributed by atoms with Crippen molar-refractivity contribution < 1.29 is 18.3 Å². The van der Waals surface area contributed by atoms with Crippen LogP contribution in [0.2, 0.25) is 0 Å². The molecule has 8 heteroatoms. The van der Waals surface area contributed by atoms with Crippen LogP contribution in [0.15, 0.2) is 18.2 Å². The maximum Gasteiger partial charge on any atom is 0.224 e. The van der Waals surface area contributed by atoms with Crippen molar-refractivity contribution in [2.24, 2.45) is 0 Å². The Morgan fingerprint density at radius 3 is 2.42 bits per heavy atom. The maximum atomic E-state index is 13.8. The topological polar surface area (TPSA) is 70.1 Å². The minimum absolute atomic E-state index is 0.0342. The van der Waals surface area contributed by atoms with Crippen molar-refractivity contribution in [2.45, 2.75) is 25.2 Å². The van der Waals surface area contributed by atoms with Gasteiger partial charge in [0.2, 0.25) is 5.95 Å². The Morgan fingerprint density at radius 2 is 1.79 bits per heavy atom. The summed E-state index contributed by atoms with van der Waals surface area (Å²) in [7, 11) is 0. The molecule has 0 amide bonds. The van der Waals surface area contributed by atoms with E-state index in [2.05, 4.69) is 20.6 Å². The lowest BCUT2D eigenvalue weighted by molar-refractivity contribution is 0.292. The van der Waals surface area contributed by atoms with Crippen LogP contribution in [0.25, 0.3) is 0 Å². The monoisotopic (exact) mass is 338 g/mol. The number of nitrogens with zero attached hydrogens (tertiary/aromatic N) is 2. The van der Waals surface area contributed by atoms with E-state index in [0.717, 1.165) is 18.5 Å². The summed E-state index contributed by atoms with van der Waals surface area (Å²) in [6.45, 7) is 0.510. The first-order chi connectivity index (χ1) is 11.6.